The van der Waals surface area contributed by atoms with Gasteiger partial charge in [-0.15, -0.1) is 0 Å². The van der Waals surface area contributed by atoms with Gasteiger partial charge >= 0.3 is 5.97 Å². The van der Waals surface area contributed by atoms with Crippen molar-refractivity contribution in [1.82, 2.24) is 36.0 Å². The zero-order chi connectivity index (χ0) is 49.3. The van der Waals surface area contributed by atoms with Crippen LogP contribution in [0.1, 0.15) is 106 Å². The fraction of sp³-hybridized carbons (Fsp3) is 0.674. The summed E-state index contributed by atoms with van der Waals surface area (Å²) >= 11 is 0. The first-order chi connectivity index (χ1) is 31.0. The predicted molar refractivity (Wildman–Crippen MR) is 239 cm³/mol. The Bertz CT molecular complexity index is 1960. The molecule has 3 heterocycles. The number of nitrogens with one attached hydrogen (secondary N) is 4. The number of esters is 1. The fourth-order valence-electron chi connectivity index (χ4n) is 8.91. The standard InChI is InChI=1S/C46H70N8O12/c1-10-24(5)36-46(65)66-39-26(7)22-53(43(62)30(48-27(8)55)16-18-34(47)57)38(39)42(61)50-32(20-23(3)4)40(59)49-31-17-19-35(58)54(44(31)63)37(25(6)11-2)45(64)52(9)33(41(60)51-36)21-28-12-14-29(56)15-13-28/h12-15,23-26,30-33,35-39,56,58H,10-11,16-22H2,1-9H3,(H2,47,57)(H,48,55)(H,49,59)(H,50,61)(H,51,60)/t24-,25-,26?,30-,31?,32?,33?,35?,36-,37-,38?,39?/m0/s1. The zero-order valence-electron chi connectivity index (χ0n) is 39.6. The molecule has 2 bridgehead atoms. The van der Waals surface area contributed by atoms with Crippen molar-refractivity contribution >= 4 is 53.2 Å². The van der Waals surface area contributed by atoms with Crippen LogP contribution >= 0.6 is 0 Å². The molecule has 3 fully saturated rings. The van der Waals surface area contributed by atoms with Gasteiger partial charge in [0.15, 0.2) is 0 Å². The molecule has 0 aliphatic carbocycles. The molecule has 20 nitrogen and oxygen atoms in total. The molecule has 4 rings (SSSR count). The quantitative estimate of drug-likeness (QED) is 0.131. The number of hydrogen-bond acceptors (Lipinski definition) is 12. The highest BCUT2D eigenvalue weighted by molar-refractivity contribution is 5.98. The summed E-state index contributed by atoms with van der Waals surface area (Å²) in [5.74, 6) is -9.06. The highest BCUT2D eigenvalue weighted by atomic mass is 16.5. The van der Waals surface area contributed by atoms with Crippen LogP contribution in [0.5, 0.6) is 5.75 Å². The number of nitrogens with zero attached hydrogens (tertiary/aromatic N) is 3. The molecule has 3 saturated heterocycles. The van der Waals surface area contributed by atoms with Gasteiger partial charge in [0.1, 0.15) is 60.4 Å². The number of carbonyl (C=O) groups is 9. The van der Waals surface area contributed by atoms with Crippen molar-refractivity contribution in [3.05, 3.63) is 29.8 Å². The second-order valence-corrected chi connectivity index (χ2v) is 18.7. The van der Waals surface area contributed by atoms with Crippen LogP contribution in [0.15, 0.2) is 24.3 Å². The zero-order valence-corrected chi connectivity index (χ0v) is 39.6. The van der Waals surface area contributed by atoms with Crippen LogP contribution in [0.4, 0.5) is 0 Å². The van der Waals surface area contributed by atoms with Crippen molar-refractivity contribution in [3.8, 4) is 5.75 Å². The summed E-state index contributed by atoms with van der Waals surface area (Å²) in [6.45, 7) is 13.3. The van der Waals surface area contributed by atoms with Crippen molar-refractivity contribution < 1.29 is 58.1 Å². The van der Waals surface area contributed by atoms with Crippen molar-refractivity contribution in [2.45, 2.75) is 161 Å². The summed E-state index contributed by atoms with van der Waals surface area (Å²) < 4.78 is 6.19. The number of benzene rings is 1. The van der Waals surface area contributed by atoms with E-state index in [9.17, 15) is 53.4 Å². The van der Waals surface area contributed by atoms with Gasteiger partial charge in [-0.1, -0.05) is 73.4 Å². The smallest absolute Gasteiger partial charge is 0.329 e. The highest BCUT2D eigenvalue weighted by Crippen LogP contribution is 2.31. The number of phenols is 1. The van der Waals surface area contributed by atoms with Gasteiger partial charge in [0.2, 0.25) is 47.3 Å². The minimum atomic E-state index is -1.59. The summed E-state index contributed by atoms with van der Waals surface area (Å²) in [7, 11) is 1.39. The number of primary amides is 1. The van der Waals surface area contributed by atoms with Gasteiger partial charge in [0.05, 0.1) is 0 Å². The summed E-state index contributed by atoms with van der Waals surface area (Å²) in [6.07, 6.45) is -2.68. The van der Waals surface area contributed by atoms with Crippen LogP contribution < -0.4 is 27.0 Å². The Balaban J connectivity index is 1.93. The lowest BCUT2D eigenvalue weighted by Gasteiger charge is -2.44. The van der Waals surface area contributed by atoms with E-state index in [0.29, 0.717) is 18.4 Å². The minimum absolute atomic E-state index is 0.0129. The summed E-state index contributed by atoms with van der Waals surface area (Å²) in [5, 5.41) is 32.3. The molecule has 7 unspecified atom stereocenters. The number of likely N-dealkylation sites (tertiary alicyclic amines) is 1. The molecule has 8 amide bonds. The molecule has 3 aliphatic heterocycles. The normalized spacial score (nSPS) is 28.4. The Morgan fingerprint density at radius 3 is 2.11 bits per heavy atom. The average Bonchev–Trinajstić information content (AvgIpc) is 3.58. The topological polar surface area (TPSA) is 287 Å². The lowest BCUT2D eigenvalue weighted by molar-refractivity contribution is -0.168. The number of aromatic hydroxyl groups is 1. The Kier molecular flexibility index (Phi) is 18.5. The van der Waals surface area contributed by atoms with Crippen molar-refractivity contribution in [2.24, 2.45) is 29.4 Å². The molecule has 3 aliphatic rings. The third-order valence-corrected chi connectivity index (χ3v) is 13.1. The molecule has 1 aromatic carbocycles. The van der Waals surface area contributed by atoms with Crippen LogP contribution in [-0.4, -0.2) is 146 Å². The number of aliphatic hydroxyl groups is 1. The van der Waals surface area contributed by atoms with E-state index in [-0.39, 0.29) is 56.7 Å². The van der Waals surface area contributed by atoms with E-state index in [2.05, 4.69) is 21.3 Å². The van der Waals surface area contributed by atoms with Crippen molar-refractivity contribution in [2.75, 3.05) is 13.6 Å². The second kappa shape index (κ2) is 23.1. The van der Waals surface area contributed by atoms with E-state index in [1.165, 1.54) is 31.0 Å². The monoisotopic (exact) mass is 927 g/mol. The number of phenolic OH excluding ortho intramolecular Hbond substituents is 1. The van der Waals surface area contributed by atoms with Crippen LogP contribution in [-0.2, 0) is 54.3 Å². The highest BCUT2D eigenvalue weighted by Gasteiger charge is 2.52. The van der Waals surface area contributed by atoms with E-state index in [1.54, 1.807) is 46.8 Å². The maximum Gasteiger partial charge on any atom is 0.329 e. The predicted octanol–water partition coefficient (Wildman–Crippen LogP) is 0.206. The molecule has 66 heavy (non-hydrogen) atoms. The fourth-order valence-corrected chi connectivity index (χ4v) is 8.91. The first-order valence-electron chi connectivity index (χ1n) is 23.0. The Morgan fingerprint density at radius 2 is 1.53 bits per heavy atom. The SMILES string of the molecule is CC[C@H](C)[C@@H]1NC(=O)C(Cc2ccc(O)cc2)N(C)C(=O)[C@H]([C@@H](C)CC)N2C(=O)C(CCC2O)NC(=O)C(CC(C)C)NC(=O)C2C(OC1=O)C(C)CN2C(=O)[C@H](CCC(N)=O)NC(C)=O. The summed E-state index contributed by atoms with van der Waals surface area (Å²) in [4.78, 5) is 130. The number of hydrogen-bond donors (Lipinski definition) is 7. The third-order valence-electron chi connectivity index (χ3n) is 13.1. The van der Waals surface area contributed by atoms with Gasteiger partial charge in [0.25, 0.3) is 0 Å². The second-order valence-electron chi connectivity index (χ2n) is 18.7. The van der Waals surface area contributed by atoms with E-state index < -0.39 is 126 Å². The molecule has 366 valence electrons. The van der Waals surface area contributed by atoms with Crippen LogP contribution in [0, 0.1) is 23.7 Å². The van der Waals surface area contributed by atoms with Gasteiger partial charge in [-0.2, -0.15) is 0 Å². The molecule has 0 radical (unpaired) electrons. The molecule has 0 spiro atoms. The van der Waals surface area contributed by atoms with Gasteiger partial charge in [-0.3, -0.25) is 38.4 Å². The number of amides is 8. The molecule has 0 saturated carbocycles. The molecule has 1 aromatic rings. The Labute approximate surface area is 386 Å². The van der Waals surface area contributed by atoms with Crippen LogP contribution in [0.25, 0.3) is 0 Å². The first-order valence-corrected chi connectivity index (χ1v) is 23.0. The molecule has 8 N–H and O–H groups in total. The number of fused-ring (bicyclic) bond motifs is 3. The van der Waals surface area contributed by atoms with Crippen LogP contribution in [0.2, 0.25) is 0 Å². The maximum atomic E-state index is 14.9. The largest absolute Gasteiger partial charge is 0.508 e. The van der Waals surface area contributed by atoms with Crippen molar-refractivity contribution in [1.29, 1.82) is 0 Å². The number of nitrogens with two attached hydrogens (primary N) is 1. The van der Waals surface area contributed by atoms with E-state index in [1.807, 2.05) is 13.8 Å². The molecule has 12 atom stereocenters. The molecular formula is C46H70N8O12. The summed E-state index contributed by atoms with van der Waals surface area (Å²) in [6, 6.07) is -3.48. The lowest BCUT2D eigenvalue weighted by atomic mass is 9.91. The minimum Gasteiger partial charge on any atom is -0.508 e. The average molecular weight is 927 g/mol. The summed E-state index contributed by atoms with van der Waals surface area (Å²) in [5.41, 5.74) is 5.93. The van der Waals surface area contributed by atoms with Gasteiger partial charge in [-0.25, -0.2) is 4.79 Å². The van der Waals surface area contributed by atoms with Crippen LogP contribution in [0.3, 0.4) is 0 Å². The molecular weight excluding hydrogens is 857 g/mol. The van der Waals surface area contributed by atoms with Gasteiger partial charge in [0, 0.05) is 39.3 Å². The molecule has 0 aromatic heterocycles. The lowest BCUT2D eigenvalue weighted by Crippen LogP contribution is -2.66. The first kappa shape index (κ1) is 52.8. The Morgan fingerprint density at radius 1 is 0.894 bits per heavy atom. The van der Waals surface area contributed by atoms with Gasteiger partial charge in [-0.05, 0) is 61.1 Å². The maximum absolute atomic E-state index is 14.9. The number of aliphatic hydroxyl groups excluding tert-OH is 1. The van der Waals surface area contributed by atoms with Gasteiger partial charge < -0.3 is 56.7 Å². The van der Waals surface area contributed by atoms with E-state index in [0.717, 1.165) is 9.80 Å². The van der Waals surface area contributed by atoms with E-state index >= 15 is 0 Å². The van der Waals surface area contributed by atoms with Crippen molar-refractivity contribution in [3.63, 3.8) is 0 Å². The molecule has 20 heteroatoms. The number of piperidine rings is 1. The third kappa shape index (κ3) is 12.8. The number of ether oxygens (including phenoxy) is 1. The van der Waals surface area contributed by atoms with E-state index in [4.69, 9.17) is 10.5 Å². The Hall–Kier alpha value is -5.79. The number of carbonyl (C=O) groups excluding carboxylic acids is 9. The number of likely N-dealkylation sites (N-methyl/N-ethyl adjacent to an activating group) is 1. The number of rotatable bonds is 13.